The van der Waals surface area contributed by atoms with Crippen molar-refractivity contribution in [3.05, 3.63) is 34.3 Å². The molecule has 0 aliphatic rings. The molecule has 0 fully saturated rings. The van der Waals surface area contributed by atoms with E-state index in [1.54, 1.807) is 19.1 Å². The molecule has 4 nitrogen and oxygen atoms in total. The molecule has 1 atom stereocenters. The van der Waals surface area contributed by atoms with E-state index in [2.05, 4.69) is 5.32 Å². The molecule has 0 saturated carbocycles. The summed E-state index contributed by atoms with van der Waals surface area (Å²) in [6, 6.07) is 3.99. The van der Waals surface area contributed by atoms with Crippen LogP contribution in [-0.4, -0.2) is 23.0 Å². The number of hydrogen-bond donors (Lipinski definition) is 2. The van der Waals surface area contributed by atoms with Crippen LogP contribution < -0.4 is 5.32 Å². The molecule has 1 amide bonds. The Balaban J connectivity index is 2.82. The minimum Gasteiger partial charge on any atom is -0.480 e. The zero-order chi connectivity index (χ0) is 13.0. The lowest BCUT2D eigenvalue weighted by molar-refractivity contribution is -0.139. The van der Waals surface area contributed by atoms with Gasteiger partial charge in [-0.3, -0.25) is 4.79 Å². The molecule has 0 bridgehead atoms. The highest BCUT2D eigenvalue weighted by Crippen LogP contribution is 2.16. The van der Waals surface area contributed by atoms with E-state index in [4.69, 9.17) is 16.7 Å². The second-order valence-electron chi connectivity index (χ2n) is 3.74. The zero-order valence-corrected chi connectivity index (χ0v) is 10.4. The number of aryl methyl sites for hydroxylation is 1. The van der Waals surface area contributed by atoms with Crippen LogP contribution in [0.4, 0.5) is 0 Å². The zero-order valence-electron chi connectivity index (χ0n) is 9.66. The average Bonchev–Trinajstić information content (AvgIpc) is 2.28. The van der Waals surface area contributed by atoms with Crippen molar-refractivity contribution in [1.82, 2.24) is 5.32 Å². The highest BCUT2D eigenvalue weighted by Gasteiger charge is 2.18. The molecular formula is C12H14ClNO3. The molecule has 0 saturated heterocycles. The van der Waals surface area contributed by atoms with Crippen LogP contribution in [0.1, 0.15) is 29.3 Å². The number of hydrogen-bond acceptors (Lipinski definition) is 2. The second kappa shape index (κ2) is 5.68. The SMILES string of the molecule is CC[C@@H](NC(=O)c1ccc(C)c(Cl)c1)C(=O)O. The number of nitrogens with one attached hydrogen (secondary N) is 1. The summed E-state index contributed by atoms with van der Waals surface area (Å²) in [5, 5.41) is 11.7. The van der Waals surface area contributed by atoms with Gasteiger partial charge in [0.05, 0.1) is 0 Å². The Morgan fingerprint density at radius 1 is 1.47 bits per heavy atom. The second-order valence-corrected chi connectivity index (χ2v) is 4.14. The number of carbonyl (C=O) groups is 2. The molecule has 0 aliphatic carbocycles. The fraction of sp³-hybridized carbons (Fsp3) is 0.333. The summed E-state index contributed by atoms with van der Waals surface area (Å²) in [6.45, 7) is 3.53. The lowest BCUT2D eigenvalue weighted by atomic mass is 10.1. The van der Waals surface area contributed by atoms with Crippen LogP contribution in [-0.2, 0) is 4.79 Å². The number of amides is 1. The molecule has 0 radical (unpaired) electrons. The van der Waals surface area contributed by atoms with Gasteiger partial charge in [-0.15, -0.1) is 0 Å². The van der Waals surface area contributed by atoms with Gasteiger partial charge in [0, 0.05) is 10.6 Å². The third-order valence-electron chi connectivity index (χ3n) is 2.45. The van der Waals surface area contributed by atoms with Crippen molar-refractivity contribution in [3.63, 3.8) is 0 Å². The van der Waals surface area contributed by atoms with Crippen LogP contribution in [0.15, 0.2) is 18.2 Å². The number of aliphatic carboxylic acids is 1. The summed E-state index contributed by atoms with van der Waals surface area (Å²) in [4.78, 5) is 22.5. The van der Waals surface area contributed by atoms with Crippen molar-refractivity contribution >= 4 is 23.5 Å². The van der Waals surface area contributed by atoms with Crippen LogP contribution >= 0.6 is 11.6 Å². The smallest absolute Gasteiger partial charge is 0.326 e. The largest absolute Gasteiger partial charge is 0.480 e. The van der Waals surface area contributed by atoms with Gasteiger partial charge in [0.15, 0.2) is 0 Å². The van der Waals surface area contributed by atoms with Crippen molar-refractivity contribution in [1.29, 1.82) is 0 Å². The molecule has 0 aliphatic heterocycles. The fourth-order valence-electron chi connectivity index (χ4n) is 1.31. The normalized spacial score (nSPS) is 11.9. The molecule has 2 N–H and O–H groups in total. The highest BCUT2D eigenvalue weighted by atomic mass is 35.5. The number of halogens is 1. The monoisotopic (exact) mass is 255 g/mol. The van der Waals surface area contributed by atoms with Gasteiger partial charge in [0.25, 0.3) is 5.91 Å². The van der Waals surface area contributed by atoms with Gasteiger partial charge in [0.1, 0.15) is 6.04 Å². The van der Waals surface area contributed by atoms with Gasteiger partial charge in [-0.25, -0.2) is 4.79 Å². The molecule has 0 spiro atoms. The Morgan fingerprint density at radius 3 is 2.59 bits per heavy atom. The summed E-state index contributed by atoms with van der Waals surface area (Å²) in [6.07, 6.45) is 0.334. The quantitative estimate of drug-likeness (QED) is 0.867. The van der Waals surface area contributed by atoms with Crippen molar-refractivity contribution in [2.75, 3.05) is 0 Å². The number of carboxylic acid groups (broad SMARTS) is 1. The Hall–Kier alpha value is -1.55. The van der Waals surface area contributed by atoms with Gasteiger partial charge >= 0.3 is 5.97 Å². The molecule has 1 aromatic carbocycles. The molecule has 17 heavy (non-hydrogen) atoms. The number of rotatable bonds is 4. The molecule has 5 heteroatoms. The summed E-state index contributed by atoms with van der Waals surface area (Å²) in [5.41, 5.74) is 1.23. The van der Waals surface area contributed by atoms with Crippen molar-refractivity contribution in [2.45, 2.75) is 26.3 Å². The van der Waals surface area contributed by atoms with Gasteiger partial charge < -0.3 is 10.4 Å². The first-order valence-corrected chi connectivity index (χ1v) is 5.63. The minimum atomic E-state index is -1.04. The van der Waals surface area contributed by atoms with Gasteiger partial charge in [0.2, 0.25) is 0 Å². The lowest BCUT2D eigenvalue weighted by Gasteiger charge is -2.12. The third kappa shape index (κ3) is 3.46. The minimum absolute atomic E-state index is 0.334. The van der Waals surface area contributed by atoms with Crippen LogP contribution in [0.3, 0.4) is 0 Å². The average molecular weight is 256 g/mol. The van der Waals surface area contributed by atoms with E-state index in [1.165, 1.54) is 6.07 Å². The lowest BCUT2D eigenvalue weighted by Crippen LogP contribution is -2.40. The topological polar surface area (TPSA) is 66.4 Å². The van der Waals surface area contributed by atoms with E-state index in [1.807, 2.05) is 6.92 Å². The summed E-state index contributed by atoms with van der Waals surface area (Å²) in [7, 11) is 0. The van der Waals surface area contributed by atoms with Gasteiger partial charge in [-0.05, 0) is 31.0 Å². The highest BCUT2D eigenvalue weighted by molar-refractivity contribution is 6.31. The third-order valence-corrected chi connectivity index (χ3v) is 2.85. The molecule has 92 valence electrons. The number of benzene rings is 1. The first kappa shape index (κ1) is 13.5. The van der Waals surface area contributed by atoms with Crippen molar-refractivity contribution < 1.29 is 14.7 Å². The fourth-order valence-corrected chi connectivity index (χ4v) is 1.49. The predicted octanol–water partition coefficient (Wildman–Crippen LogP) is 2.24. The maximum atomic E-state index is 11.7. The first-order chi connectivity index (χ1) is 7.95. The van der Waals surface area contributed by atoms with Gasteiger partial charge in [-0.1, -0.05) is 24.6 Å². The first-order valence-electron chi connectivity index (χ1n) is 5.25. The Kier molecular flexibility index (Phi) is 4.52. The predicted molar refractivity (Wildman–Crippen MR) is 65.4 cm³/mol. The van der Waals surface area contributed by atoms with Crippen LogP contribution in [0.5, 0.6) is 0 Å². The Labute approximate surface area is 105 Å². The van der Waals surface area contributed by atoms with Crippen LogP contribution in [0.25, 0.3) is 0 Å². The van der Waals surface area contributed by atoms with Gasteiger partial charge in [-0.2, -0.15) is 0 Å². The number of carbonyl (C=O) groups excluding carboxylic acids is 1. The molecule has 0 unspecified atom stereocenters. The summed E-state index contributed by atoms with van der Waals surface area (Å²) in [5.74, 6) is -1.47. The maximum absolute atomic E-state index is 11.7. The van der Waals surface area contributed by atoms with E-state index >= 15 is 0 Å². The Morgan fingerprint density at radius 2 is 2.12 bits per heavy atom. The van der Waals surface area contributed by atoms with Crippen molar-refractivity contribution in [3.8, 4) is 0 Å². The van der Waals surface area contributed by atoms with E-state index in [9.17, 15) is 9.59 Å². The number of carboxylic acids is 1. The summed E-state index contributed by atoms with van der Waals surface area (Å²) >= 11 is 5.89. The molecule has 0 heterocycles. The van der Waals surface area contributed by atoms with E-state index in [-0.39, 0.29) is 0 Å². The van der Waals surface area contributed by atoms with E-state index < -0.39 is 17.9 Å². The standard InChI is InChI=1S/C12H14ClNO3/c1-3-10(12(16)17)14-11(15)8-5-4-7(2)9(13)6-8/h4-6,10H,3H2,1-2H3,(H,14,15)(H,16,17)/t10-/m1/s1. The van der Waals surface area contributed by atoms with E-state index in [0.717, 1.165) is 5.56 Å². The molecule has 1 rings (SSSR count). The Bertz CT molecular complexity index is 445. The maximum Gasteiger partial charge on any atom is 0.326 e. The molecule has 1 aromatic rings. The van der Waals surface area contributed by atoms with Crippen molar-refractivity contribution in [2.24, 2.45) is 0 Å². The van der Waals surface area contributed by atoms with Crippen LogP contribution in [0.2, 0.25) is 5.02 Å². The van der Waals surface area contributed by atoms with Crippen LogP contribution in [0, 0.1) is 6.92 Å². The molecular weight excluding hydrogens is 242 g/mol. The molecule has 0 aromatic heterocycles. The van der Waals surface area contributed by atoms with E-state index in [0.29, 0.717) is 17.0 Å². The summed E-state index contributed by atoms with van der Waals surface area (Å²) < 4.78 is 0.